The molecule has 1 aromatic heterocycles. The number of amides is 1. The Bertz CT molecular complexity index is 533. The lowest BCUT2D eigenvalue weighted by atomic mass is 10.1. The summed E-state index contributed by atoms with van der Waals surface area (Å²) in [6, 6.07) is 0. The van der Waals surface area contributed by atoms with Gasteiger partial charge in [0.2, 0.25) is 0 Å². The minimum absolute atomic E-state index is 0.0138. The molecule has 1 amide bonds. The first kappa shape index (κ1) is 12.9. The van der Waals surface area contributed by atoms with E-state index in [0.717, 1.165) is 10.8 Å². The molecule has 7 heteroatoms. The second-order valence-electron chi connectivity index (χ2n) is 3.63. The Morgan fingerprint density at radius 2 is 2.18 bits per heavy atom. The summed E-state index contributed by atoms with van der Waals surface area (Å²) in [5.41, 5.74) is 3.92. The van der Waals surface area contributed by atoms with Crippen LogP contribution < -0.4 is 11.3 Å². The van der Waals surface area contributed by atoms with Crippen molar-refractivity contribution in [3.63, 3.8) is 0 Å². The minimum atomic E-state index is -0.943. The summed E-state index contributed by atoms with van der Waals surface area (Å²) < 4.78 is 1.14. The number of aromatic nitrogens is 1. The van der Waals surface area contributed by atoms with Gasteiger partial charge in [-0.1, -0.05) is 6.92 Å². The first-order valence-corrected chi connectivity index (χ1v) is 5.08. The zero-order valence-corrected chi connectivity index (χ0v) is 9.60. The largest absolute Gasteiger partial charge is 0.365 e. The van der Waals surface area contributed by atoms with Crippen molar-refractivity contribution in [3.05, 3.63) is 37.8 Å². The van der Waals surface area contributed by atoms with E-state index in [2.05, 4.69) is 0 Å². The molecule has 1 heterocycles. The number of pyridine rings is 1. The summed E-state index contributed by atoms with van der Waals surface area (Å²) >= 11 is 0. The van der Waals surface area contributed by atoms with Gasteiger partial charge in [-0.3, -0.25) is 19.7 Å². The van der Waals surface area contributed by atoms with Crippen molar-refractivity contribution in [1.29, 1.82) is 0 Å². The van der Waals surface area contributed by atoms with Gasteiger partial charge < -0.3 is 10.3 Å². The van der Waals surface area contributed by atoms with Gasteiger partial charge in [0.25, 0.3) is 17.2 Å². The molecule has 0 saturated heterocycles. The fraction of sp³-hybridized carbons (Fsp3) is 0.400. The molecule has 0 saturated carbocycles. The number of aryl methyl sites for hydroxylation is 1. The van der Waals surface area contributed by atoms with Crippen LogP contribution >= 0.6 is 0 Å². The van der Waals surface area contributed by atoms with Gasteiger partial charge in [0.05, 0.1) is 11.1 Å². The molecule has 2 N–H and O–H groups in total. The third-order valence-electron chi connectivity index (χ3n) is 2.42. The van der Waals surface area contributed by atoms with Crippen LogP contribution in [-0.4, -0.2) is 15.4 Å². The highest BCUT2D eigenvalue weighted by molar-refractivity contribution is 5.94. The lowest BCUT2D eigenvalue weighted by Gasteiger charge is -2.08. The fourth-order valence-electron chi connectivity index (χ4n) is 1.62. The van der Waals surface area contributed by atoms with Crippen LogP contribution in [-0.2, 0) is 6.54 Å². The summed E-state index contributed by atoms with van der Waals surface area (Å²) in [6.07, 6.45) is 1.77. The van der Waals surface area contributed by atoms with Gasteiger partial charge in [-0.25, -0.2) is 0 Å². The Kier molecular flexibility index (Phi) is 3.62. The van der Waals surface area contributed by atoms with Gasteiger partial charge in [-0.05, 0) is 13.3 Å². The molecule has 0 radical (unpaired) electrons. The van der Waals surface area contributed by atoms with E-state index in [0.29, 0.717) is 13.0 Å². The summed E-state index contributed by atoms with van der Waals surface area (Å²) in [4.78, 5) is 33.2. The molecule has 7 nitrogen and oxygen atoms in total. The van der Waals surface area contributed by atoms with Crippen LogP contribution in [0.5, 0.6) is 0 Å². The molecule has 1 aromatic rings. The number of nitrogens with zero attached hydrogens (tertiary/aromatic N) is 2. The number of hydrogen-bond acceptors (Lipinski definition) is 4. The second-order valence-corrected chi connectivity index (χ2v) is 3.63. The molecule has 1 rings (SSSR count). The number of primary amides is 1. The Morgan fingerprint density at radius 3 is 2.59 bits per heavy atom. The van der Waals surface area contributed by atoms with E-state index in [9.17, 15) is 19.7 Å². The maximum atomic E-state index is 11.8. The molecule has 0 aliphatic rings. The molecule has 92 valence electrons. The topological polar surface area (TPSA) is 108 Å². The van der Waals surface area contributed by atoms with E-state index >= 15 is 0 Å². The smallest absolute Gasteiger partial charge is 0.289 e. The molecule has 0 aliphatic heterocycles. The monoisotopic (exact) mass is 239 g/mol. The van der Waals surface area contributed by atoms with E-state index in [1.54, 1.807) is 0 Å². The highest BCUT2D eigenvalue weighted by Crippen LogP contribution is 2.18. The number of rotatable bonds is 4. The van der Waals surface area contributed by atoms with E-state index < -0.39 is 16.4 Å². The second kappa shape index (κ2) is 4.77. The van der Waals surface area contributed by atoms with Gasteiger partial charge in [0, 0.05) is 12.1 Å². The van der Waals surface area contributed by atoms with Crippen LogP contribution in [0.3, 0.4) is 0 Å². The molecule has 0 aliphatic carbocycles. The van der Waals surface area contributed by atoms with E-state index in [1.807, 2.05) is 6.92 Å². The van der Waals surface area contributed by atoms with Gasteiger partial charge >= 0.3 is 0 Å². The van der Waals surface area contributed by atoms with Crippen LogP contribution in [0.25, 0.3) is 0 Å². The van der Waals surface area contributed by atoms with Crippen LogP contribution in [0.1, 0.15) is 29.3 Å². The Morgan fingerprint density at radius 1 is 1.59 bits per heavy atom. The van der Waals surface area contributed by atoms with Gasteiger partial charge in [0.15, 0.2) is 0 Å². The van der Waals surface area contributed by atoms with Crippen LogP contribution in [0, 0.1) is 17.0 Å². The number of carbonyl (C=O) groups is 1. The van der Waals surface area contributed by atoms with E-state index in [4.69, 9.17) is 5.73 Å². The van der Waals surface area contributed by atoms with Crippen LogP contribution in [0.4, 0.5) is 5.69 Å². The van der Waals surface area contributed by atoms with Crippen molar-refractivity contribution in [1.82, 2.24) is 4.57 Å². The fourth-order valence-corrected chi connectivity index (χ4v) is 1.62. The first-order chi connectivity index (χ1) is 7.90. The zero-order valence-electron chi connectivity index (χ0n) is 9.60. The summed E-state index contributed by atoms with van der Waals surface area (Å²) in [5.74, 6) is -0.943. The van der Waals surface area contributed by atoms with Crippen molar-refractivity contribution in [3.8, 4) is 0 Å². The van der Waals surface area contributed by atoms with Gasteiger partial charge in [-0.15, -0.1) is 0 Å². The third-order valence-corrected chi connectivity index (χ3v) is 2.42. The van der Waals surface area contributed by atoms with Crippen molar-refractivity contribution in [2.75, 3.05) is 0 Å². The van der Waals surface area contributed by atoms with Gasteiger partial charge in [-0.2, -0.15) is 0 Å². The zero-order chi connectivity index (χ0) is 13.2. The van der Waals surface area contributed by atoms with Gasteiger partial charge in [0.1, 0.15) is 5.56 Å². The summed E-state index contributed by atoms with van der Waals surface area (Å²) in [5, 5.41) is 10.8. The molecular weight excluding hydrogens is 226 g/mol. The number of nitro groups is 1. The molecule has 17 heavy (non-hydrogen) atoms. The normalized spacial score (nSPS) is 10.2. The molecule has 0 unspecified atom stereocenters. The van der Waals surface area contributed by atoms with Crippen LogP contribution in [0.2, 0.25) is 0 Å². The van der Waals surface area contributed by atoms with E-state index in [1.165, 1.54) is 6.92 Å². The van der Waals surface area contributed by atoms with E-state index in [-0.39, 0.29) is 16.8 Å². The van der Waals surface area contributed by atoms with Crippen molar-refractivity contribution in [2.45, 2.75) is 26.8 Å². The highest BCUT2D eigenvalue weighted by Gasteiger charge is 2.22. The average molecular weight is 239 g/mol. The maximum Gasteiger partial charge on any atom is 0.289 e. The molecular formula is C10H13N3O4. The Hall–Kier alpha value is -2.18. The molecule has 0 bridgehead atoms. The first-order valence-electron chi connectivity index (χ1n) is 5.08. The molecule has 0 atom stereocenters. The van der Waals surface area contributed by atoms with Crippen molar-refractivity contribution < 1.29 is 9.72 Å². The predicted octanol–water partition coefficient (Wildman–Crippen LogP) is 0.574. The van der Waals surface area contributed by atoms with Crippen molar-refractivity contribution in [2.24, 2.45) is 5.73 Å². The highest BCUT2D eigenvalue weighted by atomic mass is 16.6. The molecule has 0 spiro atoms. The SMILES string of the molecule is CCCn1cc([N+](=O)[O-])c(C)c(C(N)=O)c1=O. The van der Waals surface area contributed by atoms with Crippen LogP contribution in [0.15, 0.2) is 11.0 Å². The average Bonchev–Trinajstić information content (AvgIpc) is 2.21. The number of hydrogen-bond donors (Lipinski definition) is 1. The Labute approximate surface area is 97.0 Å². The predicted molar refractivity (Wildman–Crippen MR) is 60.9 cm³/mol. The third kappa shape index (κ3) is 2.32. The summed E-state index contributed by atoms with van der Waals surface area (Å²) in [6.45, 7) is 3.47. The number of carbonyl (C=O) groups excluding carboxylic acids is 1. The lowest BCUT2D eigenvalue weighted by Crippen LogP contribution is -2.31. The quantitative estimate of drug-likeness (QED) is 0.612. The number of nitrogens with two attached hydrogens (primary N) is 1. The standard InChI is InChI=1S/C10H13N3O4/c1-3-4-12-5-7(13(16)17)6(2)8(9(11)14)10(12)15/h5H,3-4H2,1-2H3,(H2,11,14). The van der Waals surface area contributed by atoms with Crippen molar-refractivity contribution >= 4 is 11.6 Å². The molecule has 0 aromatic carbocycles. The Balaban J connectivity index is 3.63. The maximum absolute atomic E-state index is 11.8. The molecule has 0 fully saturated rings. The lowest BCUT2D eigenvalue weighted by molar-refractivity contribution is -0.386. The summed E-state index contributed by atoms with van der Waals surface area (Å²) in [7, 11) is 0. The minimum Gasteiger partial charge on any atom is -0.365 e.